The molecule has 2 fully saturated rings. The van der Waals surface area contributed by atoms with Crippen molar-refractivity contribution in [3.8, 4) is 11.1 Å². The molecule has 0 spiro atoms. The van der Waals surface area contributed by atoms with E-state index < -0.39 is 5.60 Å². The van der Waals surface area contributed by atoms with Crippen LogP contribution in [0.2, 0.25) is 0 Å². The number of aromatic nitrogens is 5. The van der Waals surface area contributed by atoms with E-state index in [1.54, 1.807) is 7.11 Å². The number of anilines is 1. The Hall–Kier alpha value is -2.98. The highest BCUT2D eigenvalue weighted by atomic mass is 16.6. The second kappa shape index (κ2) is 11.3. The monoisotopic (exact) mass is 538 g/mol. The predicted octanol–water partition coefficient (Wildman–Crippen LogP) is 4.74. The molecule has 3 atom stereocenters. The minimum Gasteiger partial charge on any atom is -0.460 e. The van der Waals surface area contributed by atoms with Gasteiger partial charge in [-0.15, -0.1) is 5.10 Å². The quantitative estimate of drug-likeness (QED) is 0.395. The SMILES string of the molecule is COC[C@H](C)Nc1ncc2c(-c3cnn([C@H]4CCC(C(=O)OC(C)(C)C)C4)c3)cc([C@H]3CC[C@H](O)CC3)n2n1. The lowest BCUT2D eigenvalue weighted by Crippen LogP contribution is -2.27. The van der Waals surface area contributed by atoms with Crippen LogP contribution in [0.25, 0.3) is 16.6 Å². The summed E-state index contributed by atoms with van der Waals surface area (Å²) in [6.07, 6.45) is 11.5. The van der Waals surface area contributed by atoms with Crippen LogP contribution >= 0.6 is 0 Å². The number of aliphatic hydroxyl groups excluding tert-OH is 1. The second-order valence-corrected chi connectivity index (χ2v) is 12.3. The van der Waals surface area contributed by atoms with Gasteiger partial charge in [-0.3, -0.25) is 9.48 Å². The molecule has 0 saturated heterocycles. The highest BCUT2D eigenvalue weighted by Crippen LogP contribution is 2.39. The highest BCUT2D eigenvalue weighted by molar-refractivity contribution is 5.81. The minimum atomic E-state index is -0.474. The standard InChI is InChI=1S/C29H42N6O4/c1-18(17-38-5)32-28-30-15-26-24(13-25(35(26)33-28)19-7-10-23(36)11-8-19)21-14-31-34(16-21)22-9-6-20(12-22)27(37)39-29(2,3)4/h13-16,18-20,22-23,36H,6-12,17H2,1-5H3,(H,32,33)/t18-,19-,20?,22-,23-/m0/s1. The molecule has 3 aromatic rings. The van der Waals surface area contributed by atoms with E-state index >= 15 is 0 Å². The molecular formula is C29H42N6O4. The molecule has 0 bridgehead atoms. The average molecular weight is 539 g/mol. The van der Waals surface area contributed by atoms with Crippen LogP contribution in [0.5, 0.6) is 0 Å². The van der Waals surface area contributed by atoms with Gasteiger partial charge < -0.3 is 19.9 Å². The lowest BCUT2D eigenvalue weighted by atomic mass is 9.85. The lowest BCUT2D eigenvalue weighted by Gasteiger charge is -2.25. The van der Waals surface area contributed by atoms with Gasteiger partial charge in [0.25, 0.3) is 0 Å². The number of esters is 1. The Balaban J connectivity index is 1.41. The van der Waals surface area contributed by atoms with Crippen LogP contribution in [0, 0.1) is 5.92 Å². The van der Waals surface area contributed by atoms with Gasteiger partial charge in [-0.25, -0.2) is 9.50 Å². The van der Waals surface area contributed by atoms with E-state index in [0.717, 1.165) is 67.3 Å². The first-order valence-electron chi connectivity index (χ1n) is 14.2. The van der Waals surface area contributed by atoms with Gasteiger partial charge in [-0.2, -0.15) is 5.10 Å². The molecule has 5 rings (SSSR count). The van der Waals surface area contributed by atoms with E-state index in [1.165, 1.54) is 0 Å². The third-order valence-electron chi connectivity index (χ3n) is 7.88. The number of fused-ring (bicyclic) bond motifs is 1. The molecule has 2 aliphatic carbocycles. The van der Waals surface area contributed by atoms with Crippen LogP contribution in [0.15, 0.2) is 24.7 Å². The Morgan fingerprint density at radius 3 is 2.67 bits per heavy atom. The zero-order valence-corrected chi connectivity index (χ0v) is 23.8. The molecule has 10 heteroatoms. The smallest absolute Gasteiger partial charge is 0.309 e. The lowest BCUT2D eigenvalue weighted by molar-refractivity contribution is -0.159. The summed E-state index contributed by atoms with van der Waals surface area (Å²) in [5, 5.41) is 23.0. The first-order chi connectivity index (χ1) is 18.6. The first kappa shape index (κ1) is 27.6. The Morgan fingerprint density at radius 2 is 1.95 bits per heavy atom. The van der Waals surface area contributed by atoms with Gasteiger partial charge in [0.15, 0.2) is 0 Å². The number of carbonyl (C=O) groups is 1. The van der Waals surface area contributed by atoms with Gasteiger partial charge in [-0.05, 0) is 78.7 Å². The van der Waals surface area contributed by atoms with E-state index in [9.17, 15) is 9.90 Å². The van der Waals surface area contributed by atoms with Gasteiger partial charge >= 0.3 is 5.97 Å². The summed E-state index contributed by atoms with van der Waals surface area (Å²) in [4.78, 5) is 17.2. The fraction of sp³-hybridized carbons (Fsp3) is 0.655. The summed E-state index contributed by atoms with van der Waals surface area (Å²) in [6, 6.07) is 2.46. The maximum Gasteiger partial charge on any atom is 0.309 e. The number of ether oxygens (including phenoxy) is 2. The minimum absolute atomic E-state index is 0.0740. The molecule has 0 aromatic carbocycles. The van der Waals surface area contributed by atoms with Crippen molar-refractivity contribution >= 4 is 17.4 Å². The Bertz CT molecular complexity index is 1290. The number of rotatable bonds is 8. The largest absolute Gasteiger partial charge is 0.460 e. The Kier molecular flexibility index (Phi) is 7.96. The van der Waals surface area contributed by atoms with Crippen molar-refractivity contribution in [1.82, 2.24) is 24.4 Å². The molecule has 1 unspecified atom stereocenters. The van der Waals surface area contributed by atoms with Crippen molar-refractivity contribution in [2.24, 2.45) is 5.92 Å². The molecule has 39 heavy (non-hydrogen) atoms. The Morgan fingerprint density at radius 1 is 1.18 bits per heavy atom. The molecule has 0 aliphatic heterocycles. The average Bonchev–Trinajstić information content (AvgIpc) is 3.62. The van der Waals surface area contributed by atoms with E-state index in [1.807, 2.05) is 49.3 Å². The normalized spacial score (nSPS) is 24.7. The van der Waals surface area contributed by atoms with Gasteiger partial charge in [0, 0.05) is 42.1 Å². The maximum atomic E-state index is 12.6. The Labute approximate surface area is 230 Å². The number of methoxy groups -OCH3 is 1. The number of hydrogen-bond acceptors (Lipinski definition) is 8. The third kappa shape index (κ3) is 6.27. The fourth-order valence-electron chi connectivity index (χ4n) is 5.96. The highest BCUT2D eigenvalue weighted by Gasteiger charge is 2.34. The number of carbonyl (C=O) groups excluding carboxylic acids is 1. The summed E-state index contributed by atoms with van der Waals surface area (Å²) in [5.41, 5.74) is 3.64. The van der Waals surface area contributed by atoms with Crippen LogP contribution in [0.4, 0.5) is 5.95 Å². The van der Waals surface area contributed by atoms with Crippen LogP contribution in [0.3, 0.4) is 0 Å². The summed E-state index contributed by atoms with van der Waals surface area (Å²) in [6.45, 7) is 8.32. The zero-order chi connectivity index (χ0) is 27.7. The molecular weight excluding hydrogens is 496 g/mol. The number of aliphatic hydroxyl groups is 1. The zero-order valence-electron chi connectivity index (χ0n) is 23.8. The molecule has 2 aliphatic rings. The molecule has 3 aromatic heterocycles. The summed E-state index contributed by atoms with van der Waals surface area (Å²) in [5.74, 6) is 0.666. The molecule has 0 radical (unpaired) electrons. The van der Waals surface area contributed by atoms with Crippen molar-refractivity contribution in [2.75, 3.05) is 19.0 Å². The van der Waals surface area contributed by atoms with Gasteiger partial charge in [0.05, 0.1) is 42.6 Å². The second-order valence-electron chi connectivity index (χ2n) is 12.3. The van der Waals surface area contributed by atoms with E-state index in [0.29, 0.717) is 18.5 Å². The summed E-state index contributed by atoms with van der Waals surface area (Å²) >= 11 is 0. The van der Waals surface area contributed by atoms with Crippen LogP contribution in [-0.4, -0.2) is 66.9 Å². The van der Waals surface area contributed by atoms with Crippen molar-refractivity contribution in [3.63, 3.8) is 0 Å². The van der Waals surface area contributed by atoms with Crippen molar-refractivity contribution in [2.45, 2.75) is 102 Å². The van der Waals surface area contributed by atoms with Gasteiger partial charge in [-0.1, -0.05) is 0 Å². The summed E-state index contributed by atoms with van der Waals surface area (Å²) < 4.78 is 14.9. The molecule has 0 amide bonds. The third-order valence-corrected chi connectivity index (χ3v) is 7.88. The van der Waals surface area contributed by atoms with E-state index in [4.69, 9.17) is 19.7 Å². The topological polar surface area (TPSA) is 116 Å². The molecule has 2 saturated carbocycles. The summed E-state index contributed by atoms with van der Waals surface area (Å²) in [7, 11) is 1.68. The van der Waals surface area contributed by atoms with Crippen LogP contribution in [-0.2, 0) is 14.3 Å². The van der Waals surface area contributed by atoms with Gasteiger partial charge in [0.2, 0.25) is 5.95 Å². The van der Waals surface area contributed by atoms with E-state index in [2.05, 4.69) is 22.6 Å². The van der Waals surface area contributed by atoms with Crippen molar-refractivity contribution < 1.29 is 19.4 Å². The van der Waals surface area contributed by atoms with Crippen LogP contribution in [0.1, 0.15) is 90.3 Å². The number of nitrogens with zero attached hydrogens (tertiary/aromatic N) is 5. The molecule has 212 valence electrons. The first-order valence-corrected chi connectivity index (χ1v) is 14.2. The number of nitrogens with one attached hydrogen (secondary N) is 1. The maximum absolute atomic E-state index is 12.6. The predicted molar refractivity (Wildman–Crippen MR) is 149 cm³/mol. The number of hydrogen-bond donors (Lipinski definition) is 2. The van der Waals surface area contributed by atoms with Gasteiger partial charge in [0.1, 0.15) is 5.60 Å². The van der Waals surface area contributed by atoms with Crippen molar-refractivity contribution in [1.29, 1.82) is 0 Å². The molecule has 2 N–H and O–H groups in total. The fourth-order valence-corrected chi connectivity index (χ4v) is 5.96. The molecule has 10 nitrogen and oxygen atoms in total. The van der Waals surface area contributed by atoms with Crippen molar-refractivity contribution in [3.05, 3.63) is 30.4 Å². The van der Waals surface area contributed by atoms with Crippen LogP contribution < -0.4 is 5.32 Å². The molecule has 3 heterocycles. The van der Waals surface area contributed by atoms with E-state index in [-0.39, 0.29) is 30.1 Å².